The SMILES string of the molecule is CCC(=O)Nc1ccc(S(=O)(=O)Nc2cc(C(=O)NC(C)C)ccc2N2CCNCC2)cc1. The smallest absolute Gasteiger partial charge is 0.261 e. The first-order chi connectivity index (χ1) is 15.7. The molecule has 4 N–H and O–H groups in total. The van der Waals surface area contributed by atoms with Gasteiger partial charge in [0.05, 0.1) is 16.3 Å². The third kappa shape index (κ3) is 6.45. The average Bonchev–Trinajstić information content (AvgIpc) is 2.79. The Kier molecular flexibility index (Phi) is 7.93. The Labute approximate surface area is 195 Å². The van der Waals surface area contributed by atoms with Crippen molar-refractivity contribution in [2.45, 2.75) is 38.1 Å². The van der Waals surface area contributed by atoms with Crippen LogP contribution in [0.4, 0.5) is 17.1 Å². The fourth-order valence-corrected chi connectivity index (χ4v) is 4.52. The molecule has 2 aromatic rings. The molecule has 1 aliphatic rings. The lowest BCUT2D eigenvalue weighted by Gasteiger charge is -2.31. The molecule has 178 valence electrons. The summed E-state index contributed by atoms with van der Waals surface area (Å²) in [6.07, 6.45) is 0.330. The Bertz CT molecular complexity index is 1090. The Balaban J connectivity index is 1.91. The van der Waals surface area contributed by atoms with Crippen LogP contribution in [0.15, 0.2) is 47.4 Å². The van der Waals surface area contributed by atoms with Gasteiger partial charge in [-0.1, -0.05) is 6.92 Å². The third-order valence-electron chi connectivity index (χ3n) is 5.15. The second-order valence-electron chi connectivity index (χ2n) is 8.13. The molecular formula is C23H31N5O4S. The van der Waals surface area contributed by atoms with Crippen LogP contribution in [0.2, 0.25) is 0 Å². The topological polar surface area (TPSA) is 120 Å². The summed E-state index contributed by atoms with van der Waals surface area (Å²) in [4.78, 5) is 26.2. The molecule has 0 atom stereocenters. The molecule has 1 fully saturated rings. The number of carbonyl (C=O) groups is 2. The average molecular weight is 474 g/mol. The highest BCUT2D eigenvalue weighted by Gasteiger charge is 2.21. The Morgan fingerprint density at radius 1 is 1.06 bits per heavy atom. The molecule has 0 radical (unpaired) electrons. The summed E-state index contributed by atoms with van der Waals surface area (Å²) in [5.41, 5.74) is 1.96. The predicted molar refractivity (Wildman–Crippen MR) is 130 cm³/mol. The van der Waals surface area contributed by atoms with E-state index in [2.05, 4.69) is 25.6 Å². The summed E-state index contributed by atoms with van der Waals surface area (Å²) >= 11 is 0. The van der Waals surface area contributed by atoms with Crippen molar-refractivity contribution in [3.8, 4) is 0 Å². The standard InChI is InChI=1S/C23H31N5O4S/c1-4-22(29)26-18-6-8-19(9-7-18)33(31,32)27-20-15-17(23(30)25-16(2)3)5-10-21(20)28-13-11-24-12-14-28/h5-10,15-16,24,27H,4,11-14H2,1-3H3,(H,25,30)(H,26,29). The van der Waals surface area contributed by atoms with Crippen molar-refractivity contribution in [2.75, 3.05) is 41.1 Å². The molecule has 2 amide bonds. The number of sulfonamides is 1. The van der Waals surface area contributed by atoms with Crippen molar-refractivity contribution < 1.29 is 18.0 Å². The number of anilines is 3. The highest BCUT2D eigenvalue weighted by atomic mass is 32.2. The van der Waals surface area contributed by atoms with Crippen LogP contribution in [0.5, 0.6) is 0 Å². The maximum atomic E-state index is 13.2. The number of piperazine rings is 1. The number of nitrogens with zero attached hydrogens (tertiary/aromatic N) is 1. The lowest BCUT2D eigenvalue weighted by Crippen LogP contribution is -2.43. The molecular weight excluding hydrogens is 442 g/mol. The summed E-state index contributed by atoms with van der Waals surface area (Å²) in [7, 11) is -3.93. The number of hydrogen-bond acceptors (Lipinski definition) is 6. The van der Waals surface area contributed by atoms with Gasteiger partial charge in [-0.15, -0.1) is 0 Å². The number of hydrogen-bond donors (Lipinski definition) is 4. The Morgan fingerprint density at radius 2 is 1.73 bits per heavy atom. The molecule has 0 saturated carbocycles. The maximum absolute atomic E-state index is 13.2. The van der Waals surface area contributed by atoms with Gasteiger partial charge in [-0.25, -0.2) is 8.42 Å². The first kappa shape index (κ1) is 24.5. The predicted octanol–water partition coefficient (Wildman–Crippen LogP) is 2.38. The molecule has 1 heterocycles. The van der Waals surface area contributed by atoms with Crippen LogP contribution in [0.3, 0.4) is 0 Å². The molecule has 10 heteroatoms. The molecule has 1 aliphatic heterocycles. The summed E-state index contributed by atoms with van der Waals surface area (Å²) in [5.74, 6) is -0.422. The van der Waals surface area contributed by atoms with E-state index in [1.807, 2.05) is 13.8 Å². The van der Waals surface area contributed by atoms with E-state index in [1.165, 1.54) is 12.1 Å². The summed E-state index contributed by atoms with van der Waals surface area (Å²) in [6.45, 7) is 8.48. The van der Waals surface area contributed by atoms with E-state index in [9.17, 15) is 18.0 Å². The Hall–Kier alpha value is -3.11. The molecule has 0 unspecified atom stereocenters. The van der Waals surface area contributed by atoms with E-state index >= 15 is 0 Å². The molecule has 33 heavy (non-hydrogen) atoms. The van der Waals surface area contributed by atoms with Crippen LogP contribution in [0.25, 0.3) is 0 Å². The summed E-state index contributed by atoms with van der Waals surface area (Å²) < 4.78 is 29.0. The molecule has 0 aliphatic carbocycles. The molecule has 3 rings (SSSR count). The second-order valence-corrected chi connectivity index (χ2v) is 9.81. The maximum Gasteiger partial charge on any atom is 0.261 e. The normalized spacial score (nSPS) is 14.1. The van der Waals surface area contributed by atoms with Gasteiger partial charge in [-0.05, 0) is 56.3 Å². The molecule has 0 bridgehead atoms. The van der Waals surface area contributed by atoms with E-state index < -0.39 is 10.0 Å². The van der Waals surface area contributed by atoms with Crippen LogP contribution in [-0.4, -0.2) is 52.5 Å². The van der Waals surface area contributed by atoms with Crippen molar-refractivity contribution in [3.05, 3.63) is 48.0 Å². The van der Waals surface area contributed by atoms with Gasteiger partial charge in [0.25, 0.3) is 15.9 Å². The zero-order chi connectivity index (χ0) is 24.0. The molecule has 0 aromatic heterocycles. The van der Waals surface area contributed by atoms with Crippen molar-refractivity contribution in [1.29, 1.82) is 0 Å². The van der Waals surface area contributed by atoms with Crippen LogP contribution in [-0.2, 0) is 14.8 Å². The van der Waals surface area contributed by atoms with Crippen LogP contribution >= 0.6 is 0 Å². The highest BCUT2D eigenvalue weighted by molar-refractivity contribution is 7.92. The van der Waals surface area contributed by atoms with Gasteiger partial charge in [0, 0.05) is 49.9 Å². The van der Waals surface area contributed by atoms with E-state index in [0.29, 0.717) is 29.0 Å². The van der Waals surface area contributed by atoms with Crippen molar-refractivity contribution in [2.24, 2.45) is 0 Å². The van der Waals surface area contributed by atoms with Gasteiger partial charge in [0.2, 0.25) is 5.91 Å². The van der Waals surface area contributed by atoms with Crippen molar-refractivity contribution in [3.63, 3.8) is 0 Å². The molecule has 9 nitrogen and oxygen atoms in total. The first-order valence-electron chi connectivity index (χ1n) is 11.0. The first-order valence-corrected chi connectivity index (χ1v) is 12.5. The van der Waals surface area contributed by atoms with Crippen LogP contribution in [0.1, 0.15) is 37.6 Å². The molecule has 1 saturated heterocycles. The number of nitrogens with one attached hydrogen (secondary N) is 4. The molecule has 2 aromatic carbocycles. The quantitative estimate of drug-likeness (QED) is 0.467. The number of benzene rings is 2. The minimum absolute atomic E-state index is 0.0443. The van der Waals surface area contributed by atoms with Gasteiger partial charge in [-0.3, -0.25) is 14.3 Å². The van der Waals surface area contributed by atoms with E-state index in [4.69, 9.17) is 0 Å². The zero-order valence-electron chi connectivity index (χ0n) is 19.1. The number of carbonyl (C=O) groups excluding carboxylic acids is 2. The van der Waals surface area contributed by atoms with Gasteiger partial charge in [0.1, 0.15) is 0 Å². The van der Waals surface area contributed by atoms with Crippen LogP contribution < -0.4 is 25.6 Å². The van der Waals surface area contributed by atoms with Gasteiger partial charge < -0.3 is 20.9 Å². The van der Waals surface area contributed by atoms with Gasteiger partial charge in [-0.2, -0.15) is 0 Å². The lowest BCUT2D eigenvalue weighted by atomic mass is 10.1. The van der Waals surface area contributed by atoms with Crippen LogP contribution in [0, 0.1) is 0 Å². The van der Waals surface area contributed by atoms with Crippen molar-refractivity contribution in [1.82, 2.24) is 10.6 Å². The zero-order valence-corrected chi connectivity index (χ0v) is 20.0. The second kappa shape index (κ2) is 10.7. The van der Waals surface area contributed by atoms with Crippen molar-refractivity contribution >= 4 is 38.9 Å². The largest absolute Gasteiger partial charge is 0.367 e. The Morgan fingerprint density at radius 3 is 2.33 bits per heavy atom. The molecule has 0 spiro atoms. The number of rotatable bonds is 8. The van der Waals surface area contributed by atoms with Gasteiger partial charge >= 0.3 is 0 Å². The fraction of sp³-hybridized carbons (Fsp3) is 0.391. The van der Waals surface area contributed by atoms with Gasteiger partial charge in [0.15, 0.2) is 0 Å². The monoisotopic (exact) mass is 473 g/mol. The number of amides is 2. The third-order valence-corrected chi connectivity index (χ3v) is 6.53. The minimum Gasteiger partial charge on any atom is -0.367 e. The van der Waals surface area contributed by atoms with E-state index in [1.54, 1.807) is 37.3 Å². The van der Waals surface area contributed by atoms with E-state index in [-0.39, 0.29) is 22.8 Å². The highest BCUT2D eigenvalue weighted by Crippen LogP contribution is 2.30. The summed E-state index contributed by atoms with van der Waals surface area (Å²) in [6, 6.07) is 11.0. The lowest BCUT2D eigenvalue weighted by molar-refractivity contribution is -0.115. The minimum atomic E-state index is -3.93. The summed E-state index contributed by atoms with van der Waals surface area (Å²) in [5, 5.41) is 8.81. The fourth-order valence-electron chi connectivity index (χ4n) is 3.46. The van der Waals surface area contributed by atoms with E-state index in [0.717, 1.165) is 26.2 Å².